The first-order valence-corrected chi connectivity index (χ1v) is 6.74. The van der Waals surface area contributed by atoms with Crippen molar-refractivity contribution >= 4 is 11.8 Å². The van der Waals surface area contributed by atoms with E-state index in [9.17, 15) is 9.59 Å². The van der Waals surface area contributed by atoms with E-state index in [4.69, 9.17) is 5.73 Å². The van der Waals surface area contributed by atoms with Crippen LogP contribution in [-0.4, -0.2) is 42.4 Å². The average molecular weight is 277 g/mol. The number of rotatable bonds is 6. The first kappa shape index (κ1) is 16.2. The number of hydrogen-bond acceptors (Lipinski definition) is 3. The van der Waals surface area contributed by atoms with E-state index in [-0.39, 0.29) is 24.4 Å². The number of nitrogens with one attached hydrogen (secondary N) is 1. The number of amides is 2. The maximum atomic E-state index is 12.1. The summed E-state index contributed by atoms with van der Waals surface area (Å²) in [6.45, 7) is 3.78. The molecule has 0 saturated carbocycles. The van der Waals surface area contributed by atoms with E-state index >= 15 is 0 Å². The van der Waals surface area contributed by atoms with Gasteiger partial charge in [-0.2, -0.15) is 0 Å². The van der Waals surface area contributed by atoms with E-state index in [0.29, 0.717) is 6.42 Å². The van der Waals surface area contributed by atoms with Crippen molar-refractivity contribution in [1.29, 1.82) is 0 Å². The molecular weight excluding hydrogens is 254 g/mol. The van der Waals surface area contributed by atoms with Crippen LogP contribution < -0.4 is 11.1 Å². The van der Waals surface area contributed by atoms with Crippen molar-refractivity contribution in [2.75, 3.05) is 13.6 Å². The maximum absolute atomic E-state index is 12.1. The normalized spacial score (nSPS) is 12.1. The minimum absolute atomic E-state index is 0.0273. The highest BCUT2D eigenvalue weighted by molar-refractivity contribution is 5.87. The zero-order valence-corrected chi connectivity index (χ0v) is 12.3. The van der Waals surface area contributed by atoms with Crippen LogP contribution in [0.4, 0.5) is 0 Å². The van der Waals surface area contributed by atoms with Gasteiger partial charge in [0.15, 0.2) is 0 Å². The number of benzene rings is 1. The van der Waals surface area contributed by atoms with E-state index in [2.05, 4.69) is 5.32 Å². The Balaban J connectivity index is 2.49. The molecule has 0 aliphatic heterocycles. The van der Waals surface area contributed by atoms with Crippen molar-refractivity contribution in [3.8, 4) is 0 Å². The largest absolute Gasteiger partial charge is 0.352 e. The summed E-state index contributed by atoms with van der Waals surface area (Å²) < 4.78 is 0. The van der Waals surface area contributed by atoms with E-state index in [0.717, 1.165) is 5.56 Å². The number of carbonyl (C=O) groups is 2. The molecule has 5 heteroatoms. The second-order valence-electron chi connectivity index (χ2n) is 5.21. The SMILES string of the molecule is CC(C)NC(=O)CN(C)C(=O)[C@H](N)Cc1ccccc1. The van der Waals surface area contributed by atoms with Crippen molar-refractivity contribution in [2.45, 2.75) is 32.4 Å². The highest BCUT2D eigenvalue weighted by Gasteiger charge is 2.20. The van der Waals surface area contributed by atoms with Gasteiger partial charge in [0.1, 0.15) is 0 Å². The molecule has 0 spiro atoms. The summed E-state index contributed by atoms with van der Waals surface area (Å²) in [5, 5.41) is 2.74. The zero-order valence-electron chi connectivity index (χ0n) is 12.3. The lowest BCUT2D eigenvalue weighted by atomic mass is 10.1. The molecule has 0 aromatic heterocycles. The van der Waals surface area contributed by atoms with Crippen LogP contribution in [0.5, 0.6) is 0 Å². The van der Waals surface area contributed by atoms with Gasteiger partial charge in [-0.25, -0.2) is 0 Å². The summed E-state index contributed by atoms with van der Waals surface area (Å²) in [4.78, 5) is 25.1. The van der Waals surface area contributed by atoms with Crippen LogP contribution in [0.15, 0.2) is 30.3 Å². The van der Waals surface area contributed by atoms with Crippen LogP contribution in [0, 0.1) is 0 Å². The van der Waals surface area contributed by atoms with Gasteiger partial charge in [-0.3, -0.25) is 9.59 Å². The Kier molecular flexibility index (Phi) is 6.18. The number of hydrogen-bond donors (Lipinski definition) is 2. The molecule has 0 unspecified atom stereocenters. The highest BCUT2D eigenvalue weighted by atomic mass is 16.2. The number of nitrogens with zero attached hydrogens (tertiary/aromatic N) is 1. The van der Waals surface area contributed by atoms with Gasteiger partial charge in [0, 0.05) is 13.1 Å². The lowest BCUT2D eigenvalue weighted by Crippen LogP contribution is -2.47. The highest BCUT2D eigenvalue weighted by Crippen LogP contribution is 2.03. The van der Waals surface area contributed by atoms with Crippen molar-refractivity contribution < 1.29 is 9.59 Å². The van der Waals surface area contributed by atoms with Crippen molar-refractivity contribution in [3.05, 3.63) is 35.9 Å². The molecule has 0 saturated heterocycles. The van der Waals surface area contributed by atoms with Gasteiger partial charge in [0.25, 0.3) is 0 Å². The zero-order chi connectivity index (χ0) is 15.1. The van der Waals surface area contributed by atoms with Crippen LogP contribution in [0.25, 0.3) is 0 Å². The Morgan fingerprint density at radius 2 is 1.85 bits per heavy atom. The molecule has 110 valence electrons. The molecule has 5 nitrogen and oxygen atoms in total. The minimum atomic E-state index is -0.630. The minimum Gasteiger partial charge on any atom is -0.352 e. The summed E-state index contributed by atoms with van der Waals surface area (Å²) in [5.41, 5.74) is 6.91. The number of likely N-dealkylation sites (N-methyl/N-ethyl adjacent to an activating group) is 1. The molecule has 3 N–H and O–H groups in total. The van der Waals surface area contributed by atoms with E-state index in [1.807, 2.05) is 44.2 Å². The Morgan fingerprint density at radius 1 is 1.25 bits per heavy atom. The third-order valence-corrected chi connectivity index (χ3v) is 2.82. The average Bonchev–Trinajstić information content (AvgIpc) is 2.37. The molecule has 1 rings (SSSR count). The Morgan fingerprint density at radius 3 is 2.40 bits per heavy atom. The summed E-state index contributed by atoms with van der Waals surface area (Å²) in [5.74, 6) is -0.407. The fourth-order valence-electron chi connectivity index (χ4n) is 1.90. The molecule has 0 aliphatic rings. The second-order valence-corrected chi connectivity index (χ2v) is 5.21. The third-order valence-electron chi connectivity index (χ3n) is 2.82. The summed E-state index contributed by atoms with van der Waals surface area (Å²) >= 11 is 0. The van der Waals surface area contributed by atoms with Crippen LogP contribution >= 0.6 is 0 Å². The first-order chi connectivity index (χ1) is 9.40. The van der Waals surface area contributed by atoms with Gasteiger partial charge in [0.2, 0.25) is 11.8 Å². The first-order valence-electron chi connectivity index (χ1n) is 6.74. The fourth-order valence-corrected chi connectivity index (χ4v) is 1.90. The van der Waals surface area contributed by atoms with Gasteiger partial charge >= 0.3 is 0 Å². The van der Waals surface area contributed by atoms with Crippen LogP contribution in [-0.2, 0) is 16.0 Å². The topological polar surface area (TPSA) is 75.4 Å². The number of carbonyl (C=O) groups excluding carboxylic acids is 2. The standard InChI is InChI=1S/C15H23N3O2/c1-11(2)17-14(19)10-18(3)15(20)13(16)9-12-7-5-4-6-8-12/h4-8,11,13H,9-10,16H2,1-3H3,(H,17,19)/t13-/m1/s1. The smallest absolute Gasteiger partial charge is 0.240 e. The van der Waals surface area contributed by atoms with Crippen LogP contribution in [0.1, 0.15) is 19.4 Å². The van der Waals surface area contributed by atoms with Gasteiger partial charge in [0.05, 0.1) is 12.6 Å². The van der Waals surface area contributed by atoms with Crippen LogP contribution in [0.3, 0.4) is 0 Å². The van der Waals surface area contributed by atoms with Gasteiger partial charge < -0.3 is 16.0 Å². The summed E-state index contributed by atoms with van der Waals surface area (Å²) in [7, 11) is 1.59. The van der Waals surface area contributed by atoms with Crippen molar-refractivity contribution in [1.82, 2.24) is 10.2 Å². The van der Waals surface area contributed by atoms with E-state index < -0.39 is 6.04 Å². The molecule has 0 fully saturated rings. The molecule has 1 aromatic rings. The molecular formula is C15H23N3O2. The Hall–Kier alpha value is -1.88. The molecule has 0 aliphatic carbocycles. The molecule has 1 atom stereocenters. The molecule has 0 heterocycles. The van der Waals surface area contributed by atoms with Crippen LogP contribution in [0.2, 0.25) is 0 Å². The summed E-state index contributed by atoms with van der Waals surface area (Å²) in [6, 6.07) is 9.02. The monoisotopic (exact) mass is 277 g/mol. The van der Waals surface area contributed by atoms with E-state index in [1.54, 1.807) is 7.05 Å². The molecule has 0 radical (unpaired) electrons. The van der Waals surface area contributed by atoms with Crippen molar-refractivity contribution in [3.63, 3.8) is 0 Å². The lowest BCUT2D eigenvalue weighted by Gasteiger charge is -2.21. The quantitative estimate of drug-likeness (QED) is 0.797. The van der Waals surface area contributed by atoms with Crippen molar-refractivity contribution in [2.24, 2.45) is 5.73 Å². The predicted octanol–water partition coefficient (Wildman–Crippen LogP) is 0.539. The van der Waals surface area contributed by atoms with Gasteiger partial charge in [-0.05, 0) is 25.8 Å². The van der Waals surface area contributed by atoms with E-state index in [1.165, 1.54) is 4.90 Å². The van der Waals surface area contributed by atoms with Gasteiger partial charge in [-0.1, -0.05) is 30.3 Å². The molecule has 0 bridgehead atoms. The lowest BCUT2D eigenvalue weighted by molar-refractivity contribution is -0.135. The number of nitrogens with two attached hydrogens (primary N) is 1. The second kappa shape index (κ2) is 7.65. The molecule has 1 aromatic carbocycles. The molecule has 2 amide bonds. The van der Waals surface area contributed by atoms with Gasteiger partial charge in [-0.15, -0.1) is 0 Å². The Labute approximate surface area is 120 Å². The predicted molar refractivity (Wildman–Crippen MR) is 79.0 cm³/mol. The summed E-state index contributed by atoms with van der Waals surface area (Å²) in [6.07, 6.45) is 0.468. The Bertz CT molecular complexity index is 446. The maximum Gasteiger partial charge on any atom is 0.240 e. The fraction of sp³-hybridized carbons (Fsp3) is 0.467. The third kappa shape index (κ3) is 5.40. The molecule has 20 heavy (non-hydrogen) atoms.